The second-order valence-corrected chi connectivity index (χ2v) is 13.3. The van der Waals surface area contributed by atoms with Crippen LogP contribution in [0.1, 0.15) is 11.5 Å². The van der Waals surface area contributed by atoms with E-state index >= 15 is 0 Å². The molecule has 0 N–H and O–H groups in total. The van der Waals surface area contributed by atoms with Gasteiger partial charge >= 0.3 is 0 Å². The van der Waals surface area contributed by atoms with Crippen molar-refractivity contribution >= 4 is 43.6 Å². The molecule has 0 amide bonds. The second kappa shape index (κ2) is 10.9. The maximum Gasteiger partial charge on any atom is 0.138 e. The molecular formula is C46H30N4O. The molecule has 11 rings (SSSR count). The van der Waals surface area contributed by atoms with Crippen molar-refractivity contribution in [2.45, 2.75) is 12.0 Å². The van der Waals surface area contributed by atoms with E-state index < -0.39 is 0 Å². The van der Waals surface area contributed by atoms with E-state index in [1.807, 2.05) is 6.07 Å². The van der Waals surface area contributed by atoms with Crippen molar-refractivity contribution in [3.63, 3.8) is 0 Å². The molecule has 1 aliphatic heterocycles. The number of nitrogens with zero attached hydrogens (tertiary/aromatic N) is 4. The maximum atomic E-state index is 6.25. The zero-order chi connectivity index (χ0) is 33.5. The van der Waals surface area contributed by atoms with Gasteiger partial charge in [0.25, 0.3) is 0 Å². The molecule has 240 valence electrons. The summed E-state index contributed by atoms with van der Waals surface area (Å²) in [5, 5.41) is 4.74. The summed E-state index contributed by atoms with van der Waals surface area (Å²) in [6.45, 7) is 0. The third-order valence-corrected chi connectivity index (χ3v) is 10.5. The smallest absolute Gasteiger partial charge is 0.138 e. The Kier molecular flexibility index (Phi) is 6.01. The molecule has 0 saturated carbocycles. The number of para-hydroxylation sites is 2. The van der Waals surface area contributed by atoms with Crippen LogP contribution in [-0.2, 0) is 0 Å². The van der Waals surface area contributed by atoms with Crippen LogP contribution < -0.4 is 4.74 Å². The van der Waals surface area contributed by atoms with Crippen molar-refractivity contribution < 1.29 is 4.74 Å². The first-order valence-electron chi connectivity index (χ1n) is 17.4. The van der Waals surface area contributed by atoms with Crippen LogP contribution in [0.3, 0.4) is 0 Å². The SMILES string of the molecule is C1=CC2Oc3ccc(-c4cccc(-n5c6ccccc6c6ccc7c(c8ccccc8n7-c7cccc(-c8ccccc8)n7)c65)n4)cc3C2C=C1. The minimum atomic E-state index is 0.0534. The highest BCUT2D eigenvalue weighted by molar-refractivity contribution is 6.26. The largest absolute Gasteiger partial charge is 0.485 e. The fraction of sp³-hybridized carbons (Fsp3) is 0.0435. The summed E-state index contributed by atoms with van der Waals surface area (Å²) in [5.74, 6) is 2.93. The highest BCUT2D eigenvalue weighted by Crippen LogP contribution is 2.44. The average Bonchev–Trinajstić information content (AvgIpc) is 3.86. The number of fused-ring (bicyclic) bond motifs is 10. The van der Waals surface area contributed by atoms with E-state index in [0.717, 1.165) is 62.0 Å². The van der Waals surface area contributed by atoms with Gasteiger partial charge in [0.15, 0.2) is 0 Å². The molecule has 51 heavy (non-hydrogen) atoms. The molecule has 5 heteroatoms. The van der Waals surface area contributed by atoms with Gasteiger partial charge in [-0.25, -0.2) is 9.97 Å². The van der Waals surface area contributed by atoms with Crippen LogP contribution in [0.25, 0.3) is 77.8 Å². The molecule has 2 atom stereocenters. The zero-order valence-corrected chi connectivity index (χ0v) is 27.5. The molecule has 2 aliphatic rings. The lowest BCUT2D eigenvalue weighted by molar-refractivity contribution is 0.269. The van der Waals surface area contributed by atoms with Gasteiger partial charge in [0.05, 0.1) is 33.5 Å². The fourth-order valence-electron chi connectivity index (χ4n) is 8.22. The summed E-state index contributed by atoms with van der Waals surface area (Å²) in [5.41, 5.74) is 9.72. The second-order valence-electron chi connectivity index (χ2n) is 13.3. The van der Waals surface area contributed by atoms with Gasteiger partial charge in [-0.1, -0.05) is 103 Å². The maximum absolute atomic E-state index is 6.25. The van der Waals surface area contributed by atoms with Crippen LogP contribution in [0, 0.1) is 0 Å². The van der Waals surface area contributed by atoms with Gasteiger partial charge in [0, 0.05) is 44.2 Å². The van der Waals surface area contributed by atoms with Gasteiger partial charge in [-0.3, -0.25) is 9.13 Å². The molecule has 4 aromatic heterocycles. The van der Waals surface area contributed by atoms with Gasteiger partial charge in [0.1, 0.15) is 23.5 Å². The predicted octanol–water partition coefficient (Wildman–Crippen LogP) is 11.0. The van der Waals surface area contributed by atoms with Gasteiger partial charge in [-0.2, -0.15) is 0 Å². The number of allylic oxidation sites excluding steroid dienone is 2. The lowest BCUT2D eigenvalue weighted by atomic mass is 9.91. The van der Waals surface area contributed by atoms with E-state index in [2.05, 4.69) is 173 Å². The first kappa shape index (κ1) is 28.2. The van der Waals surface area contributed by atoms with E-state index in [9.17, 15) is 0 Å². The van der Waals surface area contributed by atoms with Gasteiger partial charge in [-0.05, 0) is 66.7 Å². The van der Waals surface area contributed by atoms with Crippen LogP contribution in [-0.4, -0.2) is 25.2 Å². The Labute approximate surface area is 294 Å². The number of benzene rings is 5. The van der Waals surface area contributed by atoms with Crippen molar-refractivity contribution in [2.24, 2.45) is 0 Å². The van der Waals surface area contributed by atoms with E-state index in [-0.39, 0.29) is 12.0 Å². The summed E-state index contributed by atoms with van der Waals surface area (Å²) in [4.78, 5) is 10.6. The molecule has 5 nitrogen and oxygen atoms in total. The average molecular weight is 655 g/mol. The van der Waals surface area contributed by atoms with E-state index in [1.54, 1.807) is 0 Å². The number of ether oxygens (including phenoxy) is 1. The van der Waals surface area contributed by atoms with Crippen LogP contribution in [0.5, 0.6) is 5.75 Å². The summed E-state index contributed by atoms with van der Waals surface area (Å²) in [6.07, 6.45) is 8.60. The fourth-order valence-corrected chi connectivity index (χ4v) is 8.22. The molecule has 0 fully saturated rings. The minimum Gasteiger partial charge on any atom is -0.485 e. The van der Waals surface area contributed by atoms with Crippen LogP contribution in [0.4, 0.5) is 0 Å². The quantitative estimate of drug-likeness (QED) is 0.190. The lowest BCUT2D eigenvalue weighted by Gasteiger charge is -2.14. The molecule has 0 radical (unpaired) electrons. The first-order chi connectivity index (χ1) is 25.3. The van der Waals surface area contributed by atoms with Gasteiger partial charge < -0.3 is 4.74 Å². The Morgan fingerprint density at radius 3 is 2.00 bits per heavy atom. The van der Waals surface area contributed by atoms with Crippen molar-refractivity contribution in [2.75, 3.05) is 0 Å². The van der Waals surface area contributed by atoms with Crippen molar-refractivity contribution in [3.8, 4) is 39.9 Å². The Morgan fingerprint density at radius 2 is 1.18 bits per heavy atom. The molecule has 0 bridgehead atoms. The summed E-state index contributed by atoms with van der Waals surface area (Å²) >= 11 is 0. The standard InChI is InChI=1S/C46H30N4O/c1-2-12-29(13-3-1)36-17-10-22-43(47-36)49-39-20-8-5-16-34(39)45-40(49)26-25-33-31-14-4-7-19-38(31)50(46(33)45)44-23-11-18-37(48-44)30-24-27-42-35(28-30)32-15-6-9-21-41(32)51-42/h1-28,32,41H. The number of aromatic nitrogens is 4. The topological polar surface area (TPSA) is 44.9 Å². The summed E-state index contributed by atoms with van der Waals surface area (Å²) < 4.78 is 10.9. The number of pyridine rings is 2. The van der Waals surface area contributed by atoms with Crippen molar-refractivity contribution in [1.29, 1.82) is 0 Å². The van der Waals surface area contributed by atoms with Gasteiger partial charge in [-0.15, -0.1) is 0 Å². The minimum absolute atomic E-state index is 0.0534. The third kappa shape index (κ3) is 4.21. The Balaban J connectivity index is 1.15. The van der Waals surface area contributed by atoms with E-state index in [4.69, 9.17) is 14.7 Å². The summed E-state index contributed by atoms with van der Waals surface area (Å²) in [6, 6.07) is 51.3. The van der Waals surface area contributed by atoms with Crippen molar-refractivity contribution in [3.05, 3.63) is 175 Å². The number of hydrogen-bond acceptors (Lipinski definition) is 3. The molecule has 9 aromatic rings. The van der Waals surface area contributed by atoms with Crippen LogP contribution in [0.2, 0.25) is 0 Å². The van der Waals surface area contributed by atoms with Crippen molar-refractivity contribution in [1.82, 2.24) is 19.1 Å². The molecule has 5 aromatic carbocycles. The molecule has 5 heterocycles. The monoisotopic (exact) mass is 654 g/mol. The van der Waals surface area contributed by atoms with Gasteiger partial charge in [0.2, 0.25) is 0 Å². The van der Waals surface area contributed by atoms with E-state index in [1.165, 1.54) is 27.1 Å². The number of rotatable bonds is 4. The number of hydrogen-bond donors (Lipinski definition) is 0. The first-order valence-corrected chi connectivity index (χ1v) is 17.4. The Bertz CT molecular complexity index is 2910. The van der Waals surface area contributed by atoms with Crippen LogP contribution in [0.15, 0.2) is 170 Å². The molecule has 2 unspecified atom stereocenters. The van der Waals surface area contributed by atoms with E-state index in [0.29, 0.717) is 0 Å². The molecule has 1 aliphatic carbocycles. The Hall–Kier alpha value is -6.72. The molecule has 0 saturated heterocycles. The van der Waals surface area contributed by atoms with Crippen LogP contribution >= 0.6 is 0 Å². The lowest BCUT2D eigenvalue weighted by Crippen LogP contribution is -2.15. The third-order valence-electron chi connectivity index (χ3n) is 10.5. The highest BCUT2D eigenvalue weighted by atomic mass is 16.5. The molecule has 0 spiro atoms. The highest BCUT2D eigenvalue weighted by Gasteiger charge is 2.32. The predicted molar refractivity (Wildman–Crippen MR) is 207 cm³/mol. The molecular weight excluding hydrogens is 625 g/mol. The normalized spacial score (nSPS) is 16.2. The Morgan fingerprint density at radius 1 is 0.490 bits per heavy atom. The zero-order valence-electron chi connectivity index (χ0n) is 27.5. The summed E-state index contributed by atoms with van der Waals surface area (Å²) in [7, 11) is 0.